The number of hydrogen-bond donors (Lipinski definition) is 1. The van der Waals surface area contributed by atoms with E-state index < -0.39 is 0 Å². The van der Waals surface area contributed by atoms with Gasteiger partial charge in [0.2, 0.25) is 5.13 Å². The molecule has 0 radical (unpaired) electrons. The molecule has 0 aliphatic heterocycles. The summed E-state index contributed by atoms with van der Waals surface area (Å²) in [6.45, 7) is 8.12. The van der Waals surface area contributed by atoms with Gasteiger partial charge in [0.15, 0.2) is 4.34 Å². The van der Waals surface area contributed by atoms with Gasteiger partial charge >= 0.3 is 0 Å². The molecule has 1 aromatic rings. The first kappa shape index (κ1) is 17.0. The van der Waals surface area contributed by atoms with Crippen molar-refractivity contribution in [3.63, 3.8) is 0 Å². The Balaban J connectivity index is 2.05. The molecule has 0 saturated heterocycles. The van der Waals surface area contributed by atoms with Crippen LogP contribution in [0.5, 0.6) is 0 Å². The second-order valence-electron chi connectivity index (χ2n) is 6.44. The summed E-state index contributed by atoms with van der Waals surface area (Å²) in [5, 5.41) is 14.0. The summed E-state index contributed by atoms with van der Waals surface area (Å²) in [5.74, 6) is 1.54. The third kappa shape index (κ3) is 4.57. The molecule has 1 fully saturated rings. The van der Waals surface area contributed by atoms with Gasteiger partial charge in [0, 0.05) is 25.4 Å². The molecule has 21 heavy (non-hydrogen) atoms. The molecule has 4 unspecified atom stereocenters. The van der Waals surface area contributed by atoms with Gasteiger partial charge in [0.05, 0.1) is 0 Å². The monoisotopic (exact) mass is 328 g/mol. The molecule has 6 heteroatoms. The zero-order chi connectivity index (χ0) is 15.4. The van der Waals surface area contributed by atoms with Crippen LogP contribution in [0.2, 0.25) is 0 Å². The molecular weight excluding hydrogens is 300 g/mol. The number of hydrogen-bond acceptors (Lipinski definition) is 6. The van der Waals surface area contributed by atoms with Crippen LogP contribution in [0.25, 0.3) is 0 Å². The van der Waals surface area contributed by atoms with Crippen molar-refractivity contribution in [2.45, 2.75) is 55.7 Å². The molecule has 0 amide bonds. The molecule has 1 saturated carbocycles. The second kappa shape index (κ2) is 7.79. The van der Waals surface area contributed by atoms with Crippen molar-refractivity contribution in [3.8, 4) is 0 Å². The molecule has 2 rings (SSSR count). The molecule has 4 atom stereocenters. The summed E-state index contributed by atoms with van der Waals surface area (Å²) < 4.78 is 1.11. The Labute approximate surface area is 137 Å². The minimum absolute atomic E-state index is 0.598. The Morgan fingerprint density at radius 1 is 1.29 bits per heavy atom. The molecule has 0 bridgehead atoms. The minimum atomic E-state index is 0.598. The Kier molecular flexibility index (Phi) is 6.32. The van der Waals surface area contributed by atoms with Gasteiger partial charge in [0.1, 0.15) is 0 Å². The summed E-state index contributed by atoms with van der Waals surface area (Å²) in [4.78, 5) is 2.03. The lowest BCUT2D eigenvalue weighted by Gasteiger charge is -2.39. The SMILES string of the molecule is CCCNC1CC(C)CC(C)C1Sc1nnc(N(C)C)s1. The number of nitrogens with zero attached hydrogens (tertiary/aromatic N) is 3. The third-order valence-corrected chi connectivity index (χ3v) is 6.83. The van der Waals surface area contributed by atoms with Crippen LogP contribution < -0.4 is 10.2 Å². The van der Waals surface area contributed by atoms with Crippen molar-refractivity contribution in [2.75, 3.05) is 25.5 Å². The van der Waals surface area contributed by atoms with E-state index in [-0.39, 0.29) is 0 Å². The molecule has 1 heterocycles. The van der Waals surface area contributed by atoms with E-state index in [2.05, 4.69) is 36.3 Å². The van der Waals surface area contributed by atoms with E-state index in [0.717, 1.165) is 27.9 Å². The summed E-state index contributed by atoms with van der Waals surface area (Å²) >= 11 is 3.63. The van der Waals surface area contributed by atoms with Crippen molar-refractivity contribution < 1.29 is 0 Å². The lowest BCUT2D eigenvalue weighted by atomic mass is 9.80. The maximum absolute atomic E-state index is 4.36. The quantitative estimate of drug-likeness (QED) is 0.865. The van der Waals surface area contributed by atoms with Gasteiger partial charge in [0.25, 0.3) is 0 Å². The Hall–Kier alpha value is -0.330. The van der Waals surface area contributed by atoms with Crippen LogP contribution in [-0.4, -0.2) is 42.1 Å². The van der Waals surface area contributed by atoms with Gasteiger partial charge < -0.3 is 10.2 Å². The van der Waals surface area contributed by atoms with E-state index in [9.17, 15) is 0 Å². The van der Waals surface area contributed by atoms with Crippen molar-refractivity contribution in [1.82, 2.24) is 15.5 Å². The lowest BCUT2D eigenvalue weighted by Crippen LogP contribution is -2.46. The van der Waals surface area contributed by atoms with Crippen LogP contribution in [0, 0.1) is 11.8 Å². The highest BCUT2D eigenvalue weighted by atomic mass is 32.2. The van der Waals surface area contributed by atoms with E-state index >= 15 is 0 Å². The number of aromatic nitrogens is 2. The first-order valence-corrected chi connectivity index (χ1v) is 9.61. The summed E-state index contributed by atoms with van der Waals surface area (Å²) in [6.07, 6.45) is 3.79. The van der Waals surface area contributed by atoms with E-state index in [1.807, 2.05) is 30.8 Å². The summed E-state index contributed by atoms with van der Waals surface area (Å²) in [5.41, 5.74) is 0. The Morgan fingerprint density at radius 2 is 2.05 bits per heavy atom. The predicted octanol–water partition coefficient (Wildman–Crippen LogP) is 3.50. The summed E-state index contributed by atoms with van der Waals surface area (Å²) in [6, 6.07) is 0.598. The highest BCUT2D eigenvalue weighted by molar-refractivity contribution is 8.01. The standard InChI is InChI=1S/C15H28N4S2/c1-6-7-16-12-9-10(2)8-11(3)13(12)20-15-18-17-14(21-15)19(4)5/h10-13,16H,6-9H2,1-5H3. The number of rotatable bonds is 6. The van der Waals surface area contributed by atoms with Crippen molar-refractivity contribution in [1.29, 1.82) is 0 Å². The Bertz CT molecular complexity index is 435. The van der Waals surface area contributed by atoms with Crippen LogP contribution >= 0.6 is 23.1 Å². The second-order valence-corrected chi connectivity index (χ2v) is 8.82. The number of thioether (sulfide) groups is 1. The van der Waals surface area contributed by atoms with Gasteiger partial charge in [-0.1, -0.05) is 43.9 Å². The number of nitrogens with one attached hydrogen (secondary N) is 1. The highest BCUT2D eigenvalue weighted by Gasteiger charge is 2.35. The maximum Gasteiger partial charge on any atom is 0.208 e. The van der Waals surface area contributed by atoms with Gasteiger partial charge in [-0.2, -0.15) is 0 Å². The van der Waals surface area contributed by atoms with Crippen LogP contribution in [0.1, 0.15) is 40.0 Å². The van der Waals surface area contributed by atoms with Gasteiger partial charge in [-0.15, -0.1) is 10.2 Å². The Morgan fingerprint density at radius 3 is 2.67 bits per heavy atom. The molecule has 0 spiro atoms. The first-order valence-electron chi connectivity index (χ1n) is 7.92. The van der Waals surface area contributed by atoms with Crippen LogP contribution in [0.3, 0.4) is 0 Å². The normalized spacial score (nSPS) is 29.6. The smallest absolute Gasteiger partial charge is 0.208 e. The first-order chi connectivity index (χ1) is 10.0. The minimum Gasteiger partial charge on any atom is -0.353 e. The van der Waals surface area contributed by atoms with Gasteiger partial charge in [-0.25, -0.2) is 0 Å². The van der Waals surface area contributed by atoms with E-state index in [4.69, 9.17) is 0 Å². The third-order valence-electron chi connectivity index (χ3n) is 4.06. The lowest BCUT2D eigenvalue weighted by molar-refractivity contribution is 0.249. The fourth-order valence-corrected chi connectivity index (χ4v) is 5.39. The van der Waals surface area contributed by atoms with Crippen molar-refractivity contribution in [3.05, 3.63) is 0 Å². The largest absolute Gasteiger partial charge is 0.353 e. The number of anilines is 1. The van der Waals surface area contributed by atoms with Gasteiger partial charge in [-0.05, 0) is 37.6 Å². The average molecular weight is 329 g/mol. The molecule has 1 aliphatic rings. The van der Waals surface area contributed by atoms with E-state index in [1.54, 1.807) is 11.3 Å². The zero-order valence-corrected chi connectivity index (χ0v) is 15.4. The topological polar surface area (TPSA) is 41.1 Å². The molecular formula is C15H28N4S2. The van der Waals surface area contributed by atoms with Crippen molar-refractivity contribution >= 4 is 28.2 Å². The molecule has 0 aromatic carbocycles. The summed E-state index contributed by atoms with van der Waals surface area (Å²) in [7, 11) is 4.04. The van der Waals surface area contributed by atoms with Gasteiger partial charge in [-0.3, -0.25) is 0 Å². The molecule has 1 N–H and O–H groups in total. The highest BCUT2D eigenvalue weighted by Crippen LogP contribution is 2.41. The predicted molar refractivity (Wildman–Crippen MR) is 93.5 cm³/mol. The molecule has 1 aromatic heterocycles. The van der Waals surface area contributed by atoms with Crippen LogP contribution in [0.15, 0.2) is 4.34 Å². The molecule has 4 nitrogen and oxygen atoms in total. The average Bonchev–Trinajstić information content (AvgIpc) is 2.88. The van der Waals surface area contributed by atoms with Crippen LogP contribution in [0.4, 0.5) is 5.13 Å². The zero-order valence-electron chi connectivity index (χ0n) is 13.8. The molecule has 1 aliphatic carbocycles. The van der Waals surface area contributed by atoms with E-state index in [1.165, 1.54) is 19.3 Å². The molecule has 120 valence electrons. The van der Waals surface area contributed by atoms with E-state index in [0.29, 0.717) is 11.3 Å². The van der Waals surface area contributed by atoms with Crippen LogP contribution in [-0.2, 0) is 0 Å². The fraction of sp³-hybridized carbons (Fsp3) is 0.867. The fourth-order valence-electron chi connectivity index (χ4n) is 3.10. The van der Waals surface area contributed by atoms with Crippen molar-refractivity contribution in [2.24, 2.45) is 11.8 Å². The maximum atomic E-state index is 4.36.